The second kappa shape index (κ2) is 7.32. The third-order valence-electron chi connectivity index (χ3n) is 3.17. The molecule has 0 bridgehead atoms. The molecule has 130 valence electrons. The Bertz CT molecular complexity index is 931. The highest BCUT2D eigenvalue weighted by atomic mass is 32.2. The summed E-state index contributed by atoms with van der Waals surface area (Å²) in [6.45, 7) is -1.70. The minimum atomic E-state index is -2.97. The predicted octanol–water partition coefficient (Wildman–Crippen LogP) is 4.61. The minimum absolute atomic E-state index is 0.0186. The van der Waals surface area contributed by atoms with Gasteiger partial charge in [-0.25, -0.2) is 9.97 Å². The summed E-state index contributed by atoms with van der Waals surface area (Å²) in [6.07, 6.45) is 3.44. The molecule has 0 saturated heterocycles. The number of carbonyl (C=O) groups is 1. The Labute approximate surface area is 150 Å². The Morgan fingerprint density at radius 1 is 1.32 bits per heavy atom. The molecule has 25 heavy (non-hydrogen) atoms. The molecule has 0 unspecified atom stereocenters. The lowest BCUT2D eigenvalue weighted by molar-refractivity contribution is -0.131. The predicted molar refractivity (Wildman–Crippen MR) is 92.6 cm³/mol. The van der Waals surface area contributed by atoms with Crippen LogP contribution in [0.3, 0.4) is 0 Å². The zero-order valence-corrected chi connectivity index (χ0v) is 14.8. The molecule has 9 heteroatoms. The summed E-state index contributed by atoms with van der Waals surface area (Å²) in [5.41, 5.74) is 1.33. The molecule has 3 aromatic rings. The molecule has 0 spiro atoms. The second-order valence-corrected chi connectivity index (χ2v) is 6.59. The Morgan fingerprint density at radius 2 is 2.08 bits per heavy atom. The molecule has 0 radical (unpaired) electrons. The highest BCUT2D eigenvalue weighted by Crippen LogP contribution is 2.46. The van der Waals surface area contributed by atoms with Crippen LogP contribution < -0.4 is 9.47 Å². The van der Waals surface area contributed by atoms with Crippen molar-refractivity contribution in [2.45, 2.75) is 18.7 Å². The van der Waals surface area contributed by atoms with Gasteiger partial charge in [0.25, 0.3) is 0 Å². The van der Waals surface area contributed by atoms with Crippen molar-refractivity contribution in [3.05, 3.63) is 30.5 Å². The number of thioether (sulfide) groups is 1. The Balaban J connectivity index is 2.27. The monoisotopic (exact) mass is 382 g/mol. The Kier molecular flexibility index (Phi) is 5.14. The number of para-hydroxylation sites is 1. The molecule has 0 fully saturated rings. The molecule has 5 nitrogen and oxygen atoms in total. The number of benzene rings is 1. The fourth-order valence-electron chi connectivity index (χ4n) is 2.27. The molecule has 0 aliphatic rings. The van der Waals surface area contributed by atoms with E-state index >= 15 is 0 Å². The standard InChI is InChI=1S/C16H12F2N2O3S2/c1-8(21)22-14-12(9-5-3-4-6-10(9)23-15(17)18)13-11(25-14)7-19-16(20-13)24-2/h3-7,15H,1-2H3. The lowest BCUT2D eigenvalue weighted by Crippen LogP contribution is -2.04. The lowest BCUT2D eigenvalue weighted by Gasteiger charge is -2.11. The normalized spacial score (nSPS) is 11.1. The first-order chi connectivity index (χ1) is 12.0. The van der Waals surface area contributed by atoms with Crippen LogP contribution in [0.1, 0.15) is 6.92 Å². The fraction of sp³-hybridized carbons (Fsp3) is 0.188. The van der Waals surface area contributed by atoms with Crippen LogP contribution in [0.25, 0.3) is 21.3 Å². The topological polar surface area (TPSA) is 61.3 Å². The average molecular weight is 382 g/mol. The van der Waals surface area contributed by atoms with Gasteiger partial charge in [0.1, 0.15) is 5.75 Å². The van der Waals surface area contributed by atoms with Crippen molar-refractivity contribution >= 4 is 39.3 Å². The van der Waals surface area contributed by atoms with Gasteiger partial charge in [0.2, 0.25) is 0 Å². The number of hydrogen-bond acceptors (Lipinski definition) is 7. The van der Waals surface area contributed by atoms with E-state index in [1.54, 1.807) is 24.4 Å². The zero-order valence-electron chi connectivity index (χ0n) is 13.2. The van der Waals surface area contributed by atoms with Crippen LogP contribution in [-0.2, 0) is 4.79 Å². The molecule has 0 N–H and O–H groups in total. The van der Waals surface area contributed by atoms with Gasteiger partial charge in [0, 0.05) is 18.7 Å². The van der Waals surface area contributed by atoms with Gasteiger partial charge in [0.05, 0.1) is 15.8 Å². The summed E-state index contributed by atoms with van der Waals surface area (Å²) in [7, 11) is 0. The van der Waals surface area contributed by atoms with E-state index in [-0.39, 0.29) is 10.8 Å². The van der Waals surface area contributed by atoms with Gasteiger partial charge in [-0.3, -0.25) is 4.79 Å². The summed E-state index contributed by atoms with van der Waals surface area (Å²) in [6, 6.07) is 6.32. The highest BCUT2D eigenvalue weighted by Gasteiger charge is 2.22. The van der Waals surface area contributed by atoms with Gasteiger partial charge in [0.15, 0.2) is 10.2 Å². The highest BCUT2D eigenvalue weighted by molar-refractivity contribution is 7.98. The number of rotatable bonds is 5. The molecule has 0 aliphatic carbocycles. The number of carbonyl (C=O) groups excluding carboxylic acids is 1. The Morgan fingerprint density at radius 3 is 2.76 bits per heavy atom. The van der Waals surface area contributed by atoms with Crippen LogP contribution in [0.2, 0.25) is 0 Å². The van der Waals surface area contributed by atoms with E-state index < -0.39 is 12.6 Å². The number of thiophene rings is 1. The van der Waals surface area contributed by atoms with Crippen LogP contribution in [0.5, 0.6) is 10.8 Å². The Hall–Kier alpha value is -2.26. The van der Waals surface area contributed by atoms with Gasteiger partial charge in [-0.05, 0) is 12.3 Å². The number of nitrogens with zero attached hydrogens (tertiary/aromatic N) is 2. The van der Waals surface area contributed by atoms with Crippen LogP contribution in [-0.4, -0.2) is 28.8 Å². The molecule has 2 aromatic heterocycles. The fourth-order valence-corrected chi connectivity index (χ4v) is 3.62. The first-order valence-corrected chi connectivity index (χ1v) is 9.10. The largest absolute Gasteiger partial charge is 0.434 e. The van der Waals surface area contributed by atoms with Crippen molar-refractivity contribution in [3.63, 3.8) is 0 Å². The van der Waals surface area contributed by atoms with Gasteiger partial charge < -0.3 is 9.47 Å². The quantitative estimate of drug-likeness (QED) is 0.365. The van der Waals surface area contributed by atoms with Gasteiger partial charge in [-0.2, -0.15) is 8.78 Å². The number of fused-ring (bicyclic) bond motifs is 1. The molecular weight excluding hydrogens is 370 g/mol. The minimum Gasteiger partial charge on any atom is -0.434 e. The first-order valence-electron chi connectivity index (χ1n) is 7.05. The lowest BCUT2D eigenvalue weighted by atomic mass is 10.1. The van der Waals surface area contributed by atoms with Crippen molar-refractivity contribution in [1.29, 1.82) is 0 Å². The van der Waals surface area contributed by atoms with E-state index in [4.69, 9.17) is 4.74 Å². The molecule has 0 atom stereocenters. The molecule has 0 saturated carbocycles. The van der Waals surface area contributed by atoms with Crippen molar-refractivity contribution in [2.75, 3.05) is 6.26 Å². The maximum absolute atomic E-state index is 12.8. The number of esters is 1. The second-order valence-electron chi connectivity index (χ2n) is 4.80. The summed E-state index contributed by atoms with van der Waals surface area (Å²) >= 11 is 2.52. The smallest absolute Gasteiger partial charge is 0.387 e. The molecule has 0 aliphatic heterocycles. The van der Waals surface area contributed by atoms with Crippen molar-refractivity contribution in [2.24, 2.45) is 0 Å². The first kappa shape index (κ1) is 17.6. The SMILES string of the molecule is CSc1ncc2sc(OC(C)=O)c(-c3ccccc3OC(F)F)c2n1. The van der Waals surface area contributed by atoms with Gasteiger partial charge in [-0.15, -0.1) is 0 Å². The van der Waals surface area contributed by atoms with Crippen molar-refractivity contribution in [3.8, 4) is 21.9 Å². The van der Waals surface area contributed by atoms with Crippen LogP contribution in [0.4, 0.5) is 8.78 Å². The third kappa shape index (κ3) is 3.72. The molecule has 1 aromatic carbocycles. The number of aromatic nitrogens is 2. The van der Waals surface area contributed by atoms with E-state index in [9.17, 15) is 13.6 Å². The van der Waals surface area contributed by atoms with E-state index in [0.717, 1.165) is 0 Å². The van der Waals surface area contributed by atoms with Crippen LogP contribution in [0, 0.1) is 0 Å². The van der Waals surface area contributed by atoms with E-state index in [1.807, 2.05) is 6.26 Å². The van der Waals surface area contributed by atoms with Crippen LogP contribution in [0.15, 0.2) is 35.6 Å². The number of hydrogen-bond donors (Lipinski definition) is 0. The number of halogens is 2. The summed E-state index contributed by atoms with van der Waals surface area (Å²) in [4.78, 5) is 20.1. The summed E-state index contributed by atoms with van der Waals surface area (Å²) < 4.78 is 36.1. The van der Waals surface area contributed by atoms with E-state index in [1.165, 1.54) is 36.1 Å². The van der Waals surface area contributed by atoms with Crippen molar-refractivity contribution in [1.82, 2.24) is 9.97 Å². The number of alkyl halides is 2. The zero-order chi connectivity index (χ0) is 18.0. The van der Waals surface area contributed by atoms with Gasteiger partial charge >= 0.3 is 12.6 Å². The maximum atomic E-state index is 12.8. The summed E-state index contributed by atoms with van der Waals surface area (Å²) in [5, 5.41) is 0.786. The van der Waals surface area contributed by atoms with Crippen LogP contribution >= 0.6 is 23.1 Å². The third-order valence-corrected chi connectivity index (χ3v) is 4.72. The molecule has 0 amide bonds. The van der Waals surface area contributed by atoms with Gasteiger partial charge in [-0.1, -0.05) is 41.3 Å². The van der Waals surface area contributed by atoms with Crippen molar-refractivity contribution < 1.29 is 23.0 Å². The maximum Gasteiger partial charge on any atom is 0.387 e. The van der Waals surface area contributed by atoms with E-state index in [0.29, 0.717) is 26.5 Å². The number of ether oxygens (including phenoxy) is 2. The summed E-state index contributed by atoms with van der Waals surface area (Å²) in [5.74, 6) is -0.534. The average Bonchev–Trinajstić information content (AvgIpc) is 2.90. The molecule has 2 heterocycles. The molecular formula is C16H12F2N2O3S2. The molecule has 3 rings (SSSR count). The van der Waals surface area contributed by atoms with E-state index in [2.05, 4.69) is 14.7 Å².